The molecule has 1 aliphatic heterocycles. The Morgan fingerprint density at radius 3 is 3.10 bits per heavy atom. The topological polar surface area (TPSA) is 65.0 Å². The van der Waals surface area contributed by atoms with Gasteiger partial charge in [0.15, 0.2) is 5.79 Å². The number of aliphatic hydroxyl groups excluding tert-OH is 1. The van der Waals surface area contributed by atoms with Crippen molar-refractivity contribution in [3.05, 3.63) is 30.4 Å². The van der Waals surface area contributed by atoms with Crippen LogP contribution in [-0.4, -0.2) is 36.2 Å². The molecule has 5 heteroatoms. The maximum Gasteiger partial charge on any atom is 0.330 e. The van der Waals surface area contributed by atoms with Gasteiger partial charge in [0.25, 0.3) is 0 Å². The third-order valence-corrected chi connectivity index (χ3v) is 4.84. The van der Waals surface area contributed by atoms with Gasteiger partial charge in [-0.25, -0.2) is 4.79 Å². The molecule has 0 unspecified atom stereocenters. The van der Waals surface area contributed by atoms with Crippen LogP contribution in [-0.2, 0) is 19.0 Å². The monoisotopic (exact) mass is 293 g/mol. The van der Waals surface area contributed by atoms with E-state index < -0.39 is 17.3 Å². The summed E-state index contributed by atoms with van der Waals surface area (Å²) < 4.78 is 16.3. The Morgan fingerprint density at radius 2 is 2.43 bits per heavy atom. The lowest BCUT2D eigenvalue weighted by Crippen LogP contribution is -2.45. The van der Waals surface area contributed by atoms with E-state index in [2.05, 4.69) is 13.2 Å². The van der Waals surface area contributed by atoms with E-state index in [1.165, 1.54) is 6.08 Å². The molecule has 115 valence electrons. The lowest BCUT2D eigenvalue weighted by molar-refractivity contribution is -0.195. The van der Waals surface area contributed by atoms with Crippen LogP contribution < -0.4 is 0 Å². The van der Waals surface area contributed by atoms with Gasteiger partial charge in [-0.15, -0.1) is 0 Å². The third kappa shape index (κ3) is 1.99. The zero-order valence-corrected chi connectivity index (χ0v) is 12.4. The molecular weight excluding hydrogens is 272 g/mol. The summed E-state index contributed by atoms with van der Waals surface area (Å²) in [5.41, 5.74) is 1.42. The predicted octanol–water partition coefficient (Wildman–Crippen LogP) is 1.73. The van der Waals surface area contributed by atoms with E-state index in [0.29, 0.717) is 26.1 Å². The van der Waals surface area contributed by atoms with Crippen molar-refractivity contribution in [2.45, 2.75) is 38.6 Å². The van der Waals surface area contributed by atoms with E-state index in [1.54, 1.807) is 6.92 Å². The number of rotatable bonds is 3. The van der Waals surface area contributed by atoms with E-state index >= 15 is 0 Å². The standard InChI is InChI=1S/C16H21O5/c1-4-20-13(18)6-11-5-12(17)15-7-10(2)8-16(19-3,14(11)15)21-9-15/h6-7,12,14,17H,3-5,8-9H2,1-2H3/b11-6+/t12-,14-,15+,16+/m1/s1. The van der Waals surface area contributed by atoms with Gasteiger partial charge < -0.3 is 19.3 Å². The molecule has 0 aromatic heterocycles. The van der Waals surface area contributed by atoms with Gasteiger partial charge in [-0.3, -0.25) is 0 Å². The third-order valence-electron chi connectivity index (χ3n) is 4.84. The number of aliphatic hydroxyl groups is 1. The second kappa shape index (κ2) is 4.93. The van der Waals surface area contributed by atoms with Crippen molar-refractivity contribution >= 4 is 5.97 Å². The van der Waals surface area contributed by atoms with Gasteiger partial charge in [0.2, 0.25) is 0 Å². The molecular formula is C16H21O5. The van der Waals surface area contributed by atoms with Crippen molar-refractivity contribution in [1.82, 2.24) is 0 Å². The Kier molecular flexibility index (Phi) is 3.47. The largest absolute Gasteiger partial charge is 0.463 e. The first kappa shape index (κ1) is 14.8. The molecule has 1 N–H and O–H groups in total. The highest BCUT2D eigenvalue weighted by atomic mass is 16.7. The SMILES string of the molecule is [CH2]O[C@@]12CC(C)=C[C@]3(CO1)[C@H](O)C/C(=C\C(=O)OCC)[C@@H]23. The Morgan fingerprint density at radius 1 is 1.67 bits per heavy atom. The van der Waals surface area contributed by atoms with Crippen LogP contribution in [0.4, 0.5) is 0 Å². The van der Waals surface area contributed by atoms with Crippen LogP contribution in [0.3, 0.4) is 0 Å². The van der Waals surface area contributed by atoms with Crippen molar-refractivity contribution in [2.75, 3.05) is 13.2 Å². The molecule has 21 heavy (non-hydrogen) atoms. The zero-order chi connectivity index (χ0) is 15.3. The van der Waals surface area contributed by atoms with Gasteiger partial charge in [0.05, 0.1) is 31.8 Å². The van der Waals surface area contributed by atoms with Crippen molar-refractivity contribution in [3.63, 3.8) is 0 Å². The maximum atomic E-state index is 11.8. The zero-order valence-electron chi connectivity index (χ0n) is 12.4. The van der Waals surface area contributed by atoms with Gasteiger partial charge in [-0.2, -0.15) is 0 Å². The number of esters is 1. The summed E-state index contributed by atoms with van der Waals surface area (Å²) >= 11 is 0. The molecule has 3 rings (SSSR count). The van der Waals surface area contributed by atoms with E-state index in [-0.39, 0.29) is 11.9 Å². The number of ether oxygens (including phenoxy) is 3. The summed E-state index contributed by atoms with van der Waals surface area (Å²) in [6, 6.07) is 0. The quantitative estimate of drug-likeness (QED) is 0.488. The molecule has 0 aromatic carbocycles. The summed E-state index contributed by atoms with van der Waals surface area (Å²) in [6.07, 6.45) is 4.00. The fourth-order valence-electron chi connectivity index (χ4n) is 4.20. The van der Waals surface area contributed by atoms with Gasteiger partial charge >= 0.3 is 5.97 Å². The number of hydrogen-bond acceptors (Lipinski definition) is 5. The molecule has 1 radical (unpaired) electrons. The first-order valence-corrected chi connectivity index (χ1v) is 7.28. The molecule has 1 saturated carbocycles. The average Bonchev–Trinajstić information content (AvgIpc) is 2.81. The van der Waals surface area contributed by atoms with Crippen molar-refractivity contribution < 1.29 is 24.1 Å². The molecule has 1 heterocycles. The van der Waals surface area contributed by atoms with Crippen LogP contribution in [0.5, 0.6) is 0 Å². The van der Waals surface area contributed by atoms with Crippen LogP contribution in [0, 0.1) is 18.4 Å². The molecule has 0 amide bonds. The minimum Gasteiger partial charge on any atom is -0.463 e. The summed E-state index contributed by atoms with van der Waals surface area (Å²) in [5.74, 6) is -1.46. The van der Waals surface area contributed by atoms with E-state index in [4.69, 9.17) is 14.2 Å². The molecule has 0 spiro atoms. The lowest BCUT2D eigenvalue weighted by Gasteiger charge is -2.40. The molecule has 2 fully saturated rings. The molecule has 3 aliphatic rings. The summed E-state index contributed by atoms with van der Waals surface area (Å²) in [6.45, 7) is 4.47. The number of hydrogen-bond donors (Lipinski definition) is 1. The van der Waals surface area contributed by atoms with Crippen molar-refractivity contribution in [2.24, 2.45) is 11.3 Å². The normalized spacial score (nSPS) is 42.9. The Bertz CT molecular complexity index is 523. The highest BCUT2D eigenvalue weighted by molar-refractivity contribution is 5.83. The lowest BCUT2D eigenvalue weighted by atomic mass is 9.68. The summed E-state index contributed by atoms with van der Waals surface area (Å²) in [5, 5.41) is 10.5. The predicted molar refractivity (Wildman–Crippen MR) is 74.8 cm³/mol. The minimum absolute atomic E-state index is 0.189. The van der Waals surface area contributed by atoms with Crippen LogP contribution in [0.1, 0.15) is 26.7 Å². The molecule has 1 saturated heterocycles. The van der Waals surface area contributed by atoms with Crippen LogP contribution in [0.2, 0.25) is 0 Å². The summed E-state index contributed by atoms with van der Waals surface area (Å²) in [4.78, 5) is 11.8. The smallest absolute Gasteiger partial charge is 0.330 e. The number of carbonyl (C=O) groups excluding carboxylic acids is 1. The highest BCUT2D eigenvalue weighted by Gasteiger charge is 2.67. The molecule has 2 bridgehead atoms. The van der Waals surface area contributed by atoms with Crippen molar-refractivity contribution in [3.8, 4) is 0 Å². The first-order chi connectivity index (χ1) is 9.97. The molecule has 5 nitrogen and oxygen atoms in total. The van der Waals surface area contributed by atoms with E-state index in [0.717, 1.165) is 11.1 Å². The van der Waals surface area contributed by atoms with Gasteiger partial charge in [-0.1, -0.05) is 17.2 Å². The van der Waals surface area contributed by atoms with Crippen LogP contribution in [0.15, 0.2) is 23.3 Å². The highest BCUT2D eigenvalue weighted by Crippen LogP contribution is 2.63. The first-order valence-electron chi connectivity index (χ1n) is 7.28. The Hall–Kier alpha value is -1.17. The van der Waals surface area contributed by atoms with Crippen LogP contribution in [0.25, 0.3) is 0 Å². The average molecular weight is 293 g/mol. The Labute approximate surface area is 124 Å². The number of carbonyl (C=O) groups is 1. The molecule has 4 atom stereocenters. The minimum atomic E-state index is -0.880. The van der Waals surface area contributed by atoms with E-state index in [1.807, 2.05) is 6.92 Å². The van der Waals surface area contributed by atoms with Crippen LogP contribution >= 0.6 is 0 Å². The molecule has 2 aliphatic carbocycles. The second-order valence-electron chi connectivity index (χ2n) is 6.15. The van der Waals surface area contributed by atoms with Gasteiger partial charge in [0, 0.05) is 18.4 Å². The maximum absolute atomic E-state index is 11.8. The van der Waals surface area contributed by atoms with Crippen molar-refractivity contribution in [1.29, 1.82) is 0 Å². The van der Waals surface area contributed by atoms with Gasteiger partial charge in [-0.05, 0) is 20.3 Å². The van der Waals surface area contributed by atoms with E-state index in [9.17, 15) is 9.90 Å². The summed E-state index contributed by atoms with van der Waals surface area (Å²) in [7, 11) is 3.57. The Balaban J connectivity index is 2.04. The fraction of sp³-hybridized carbons (Fsp3) is 0.625. The fourth-order valence-corrected chi connectivity index (χ4v) is 4.20. The molecule has 0 aromatic rings. The van der Waals surface area contributed by atoms with Gasteiger partial charge in [0.1, 0.15) is 0 Å². The second-order valence-corrected chi connectivity index (χ2v) is 6.15.